The van der Waals surface area contributed by atoms with Crippen molar-refractivity contribution < 1.29 is 9.90 Å². The van der Waals surface area contributed by atoms with Gasteiger partial charge in [0.15, 0.2) is 0 Å². The van der Waals surface area contributed by atoms with Gasteiger partial charge in [-0.05, 0) is 87.3 Å². The molecule has 0 spiro atoms. The first-order valence-corrected chi connectivity index (χ1v) is 12.0. The molecule has 1 N–H and O–H groups in total. The molecule has 0 amide bonds. The molecule has 1 saturated heterocycles. The molecule has 1 heterocycles. The molecule has 6 heteroatoms. The number of nitrogens with zero attached hydrogens (tertiary/aromatic N) is 2. The van der Waals surface area contributed by atoms with Crippen LogP contribution in [0.5, 0.6) is 0 Å². The Labute approximate surface area is 200 Å². The third kappa shape index (κ3) is 6.72. The number of benzene rings is 2. The van der Waals surface area contributed by atoms with Crippen molar-refractivity contribution in [3.05, 3.63) is 69.7 Å². The van der Waals surface area contributed by atoms with Gasteiger partial charge in [0.1, 0.15) is 0 Å². The third-order valence-corrected chi connectivity index (χ3v) is 7.42. The van der Waals surface area contributed by atoms with Gasteiger partial charge in [-0.1, -0.05) is 59.6 Å². The third-order valence-electron chi connectivity index (χ3n) is 6.68. The summed E-state index contributed by atoms with van der Waals surface area (Å²) in [5.74, 6) is -0.175. The van der Waals surface area contributed by atoms with Crippen LogP contribution in [0.1, 0.15) is 43.2 Å². The monoisotopic (exact) mass is 472 g/mol. The first-order valence-electron chi connectivity index (χ1n) is 11.2. The van der Waals surface area contributed by atoms with E-state index in [9.17, 15) is 9.90 Å². The van der Waals surface area contributed by atoms with E-state index < -0.39 is 11.4 Å². The van der Waals surface area contributed by atoms with E-state index in [2.05, 4.69) is 35.2 Å². The zero-order valence-corrected chi connectivity index (χ0v) is 19.8. The summed E-state index contributed by atoms with van der Waals surface area (Å²) in [4.78, 5) is 14.8. The first kappa shape index (κ1) is 24.6. The van der Waals surface area contributed by atoms with Gasteiger partial charge in [0.25, 0.3) is 0 Å². The number of carboxylic acids is 1. The molecule has 0 saturated carbocycles. The molecule has 0 aromatic heterocycles. The summed E-state index contributed by atoms with van der Waals surface area (Å²) in [6.45, 7) is 2.69. The van der Waals surface area contributed by atoms with Crippen LogP contribution in [-0.4, -0.2) is 35.6 Å². The van der Waals surface area contributed by atoms with Gasteiger partial charge in [0.2, 0.25) is 0 Å². The molecular weight excluding hydrogens is 443 g/mol. The van der Waals surface area contributed by atoms with E-state index in [4.69, 9.17) is 28.5 Å². The molecule has 1 aliphatic heterocycles. The lowest BCUT2D eigenvalue weighted by atomic mass is 9.75. The van der Waals surface area contributed by atoms with Gasteiger partial charge < -0.3 is 10.0 Å². The van der Waals surface area contributed by atoms with Gasteiger partial charge in [0.05, 0.1) is 21.5 Å². The Morgan fingerprint density at radius 1 is 1.06 bits per heavy atom. The van der Waals surface area contributed by atoms with Gasteiger partial charge in [-0.15, -0.1) is 0 Å². The second-order valence-electron chi connectivity index (χ2n) is 8.89. The number of carboxylic acid groups (broad SMARTS) is 1. The molecule has 2 aromatic carbocycles. The smallest absolute Gasteiger partial charge is 0.310 e. The van der Waals surface area contributed by atoms with Crippen LogP contribution in [-0.2, 0) is 17.6 Å². The van der Waals surface area contributed by atoms with Gasteiger partial charge in [-0.2, -0.15) is 5.26 Å². The molecule has 170 valence electrons. The Hall–Kier alpha value is -2.06. The molecule has 1 fully saturated rings. The second kappa shape index (κ2) is 11.7. The average Bonchev–Trinajstić information content (AvgIpc) is 2.79. The highest BCUT2D eigenvalue weighted by Crippen LogP contribution is 2.36. The fourth-order valence-corrected chi connectivity index (χ4v) is 4.98. The summed E-state index contributed by atoms with van der Waals surface area (Å²) in [5, 5.41) is 20.2. The van der Waals surface area contributed by atoms with Crippen molar-refractivity contribution in [2.24, 2.45) is 11.3 Å². The highest BCUT2D eigenvalue weighted by molar-refractivity contribution is 6.42. The van der Waals surface area contributed by atoms with Crippen molar-refractivity contribution in [1.82, 2.24) is 4.90 Å². The number of halogens is 2. The number of likely N-dealkylation sites (tertiary alicyclic amines) is 1. The first-order chi connectivity index (χ1) is 15.4. The number of aliphatic carboxylic acids is 1. The minimum atomic E-state index is -0.992. The van der Waals surface area contributed by atoms with Gasteiger partial charge in [0, 0.05) is 6.42 Å². The summed E-state index contributed by atoms with van der Waals surface area (Å²) in [5.41, 5.74) is 1.23. The van der Waals surface area contributed by atoms with Gasteiger partial charge >= 0.3 is 5.97 Å². The lowest BCUT2D eigenvalue weighted by molar-refractivity contribution is -0.150. The standard InChI is InChI=1S/C26H30Cl2N2O2/c27-23-8-7-22(18-24(23)28)19-26(25(31)32,11-4-13-29)12-16-30-14-9-21(10-15-30)17-20-5-2-1-3-6-20/h1-3,5-8,18,21H,4,9-12,14-17,19H2,(H,31,32). The number of carbonyl (C=O) groups is 1. The number of piperidine rings is 1. The second-order valence-corrected chi connectivity index (χ2v) is 9.71. The van der Waals surface area contributed by atoms with Crippen molar-refractivity contribution in [3.63, 3.8) is 0 Å². The Morgan fingerprint density at radius 3 is 2.41 bits per heavy atom. The van der Waals surface area contributed by atoms with E-state index in [1.165, 1.54) is 5.56 Å². The van der Waals surface area contributed by atoms with Crippen molar-refractivity contribution in [3.8, 4) is 6.07 Å². The zero-order chi connectivity index (χ0) is 23.0. The number of rotatable bonds is 10. The van der Waals surface area contributed by atoms with Gasteiger partial charge in [-0.3, -0.25) is 4.79 Å². The highest BCUT2D eigenvalue weighted by Gasteiger charge is 2.38. The largest absolute Gasteiger partial charge is 0.481 e. The Kier molecular flexibility index (Phi) is 8.99. The van der Waals surface area contributed by atoms with E-state index >= 15 is 0 Å². The Morgan fingerprint density at radius 2 is 1.78 bits per heavy atom. The van der Waals surface area contributed by atoms with Crippen LogP contribution >= 0.6 is 23.2 Å². The predicted molar refractivity (Wildman–Crippen MR) is 129 cm³/mol. The molecule has 4 nitrogen and oxygen atoms in total. The van der Waals surface area contributed by atoms with E-state index in [0.29, 0.717) is 35.2 Å². The van der Waals surface area contributed by atoms with Crippen molar-refractivity contribution in [2.75, 3.05) is 19.6 Å². The maximum absolute atomic E-state index is 12.4. The molecule has 0 radical (unpaired) electrons. The van der Waals surface area contributed by atoms with Crippen molar-refractivity contribution in [1.29, 1.82) is 5.26 Å². The number of hydrogen-bond donors (Lipinski definition) is 1. The SMILES string of the molecule is N#CCCC(CCN1CCC(Cc2ccccc2)CC1)(Cc1ccc(Cl)c(Cl)c1)C(=O)O. The fraction of sp³-hybridized carbons (Fsp3) is 0.462. The zero-order valence-electron chi connectivity index (χ0n) is 18.3. The number of nitriles is 1. The van der Waals surface area contributed by atoms with Crippen LogP contribution in [0.4, 0.5) is 0 Å². The molecule has 0 bridgehead atoms. The van der Waals surface area contributed by atoms with Crippen molar-refractivity contribution in [2.45, 2.75) is 44.9 Å². The predicted octanol–water partition coefficient (Wildman–Crippen LogP) is 6.26. The summed E-state index contributed by atoms with van der Waals surface area (Å²) in [6.07, 6.45) is 4.74. The van der Waals surface area contributed by atoms with E-state index in [1.54, 1.807) is 12.1 Å². The molecule has 0 aliphatic carbocycles. The quantitative estimate of drug-likeness (QED) is 0.443. The number of hydrogen-bond acceptors (Lipinski definition) is 3. The fourth-order valence-electron chi connectivity index (χ4n) is 4.66. The minimum Gasteiger partial charge on any atom is -0.481 e. The summed E-state index contributed by atoms with van der Waals surface area (Å²) in [6, 6.07) is 18.0. The van der Waals surface area contributed by atoms with Crippen LogP contribution in [0.2, 0.25) is 10.0 Å². The van der Waals surface area contributed by atoms with Crippen molar-refractivity contribution >= 4 is 29.2 Å². The summed E-state index contributed by atoms with van der Waals surface area (Å²) < 4.78 is 0. The van der Waals surface area contributed by atoms with E-state index in [1.807, 2.05) is 12.1 Å². The normalized spacial score (nSPS) is 16.9. The van der Waals surface area contributed by atoms with Crippen LogP contribution in [0, 0.1) is 22.7 Å². The summed E-state index contributed by atoms with van der Waals surface area (Å²) in [7, 11) is 0. The van der Waals surface area contributed by atoms with Crippen LogP contribution in [0.15, 0.2) is 48.5 Å². The molecule has 1 unspecified atom stereocenters. The molecule has 32 heavy (non-hydrogen) atoms. The highest BCUT2D eigenvalue weighted by atomic mass is 35.5. The van der Waals surface area contributed by atoms with E-state index in [-0.39, 0.29) is 6.42 Å². The summed E-state index contributed by atoms with van der Waals surface area (Å²) >= 11 is 12.2. The van der Waals surface area contributed by atoms with Gasteiger partial charge in [-0.25, -0.2) is 0 Å². The Bertz CT molecular complexity index is 937. The minimum absolute atomic E-state index is 0.215. The topological polar surface area (TPSA) is 64.3 Å². The lowest BCUT2D eigenvalue weighted by Gasteiger charge is -2.36. The van der Waals surface area contributed by atoms with E-state index in [0.717, 1.165) is 44.5 Å². The molecular formula is C26H30Cl2N2O2. The molecule has 1 atom stereocenters. The van der Waals surface area contributed by atoms with Crippen LogP contribution in [0.25, 0.3) is 0 Å². The molecule has 3 rings (SSSR count). The molecule has 2 aromatic rings. The maximum Gasteiger partial charge on any atom is 0.310 e. The van der Waals surface area contributed by atoms with Crippen LogP contribution in [0.3, 0.4) is 0 Å². The lowest BCUT2D eigenvalue weighted by Crippen LogP contribution is -2.41. The average molecular weight is 473 g/mol. The van der Waals surface area contributed by atoms with Crippen LogP contribution < -0.4 is 0 Å². The Balaban J connectivity index is 1.61. The molecule has 1 aliphatic rings. The maximum atomic E-state index is 12.4.